The highest BCUT2D eigenvalue weighted by atomic mass is 16.2. The number of nitrogens with zero attached hydrogens (tertiary/aromatic N) is 5. The van der Waals surface area contributed by atoms with Gasteiger partial charge in [0.1, 0.15) is 0 Å². The van der Waals surface area contributed by atoms with Crippen LogP contribution in [0.5, 0.6) is 0 Å². The monoisotopic (exact) mass is 323 g/mol. The SMILES string of the molecule is O=C(Nc1ccnc2ccncc12)c1cn(C2CCNCC2)nn1. The Morgan fingerprint density at radius 1 is 1.25 bits per heavy atom. The van der Waals surface area contributed by atoms with Crippen molar-refractivity contribution in [3.63, 3.8) is 0 Å². The van der Waals surface area contributed by atoms with Gasteiger partial charge in [0.15, 0.2) is 5.69 Å². The van der Waals surface area contributed by atoms with E-state index < -0.39 is 0 Å². The van der Waals surface area contributed by atoms with Crippen molar-refractivity contribution in [1.29, 1.82) is 0 Å². The molecule has 0 aliphatic carbocycles. The standard InChI is InChI=1S/C16H17N7O/c24-16(15-10-23(22-21-15)11-1-5-17-6-2-11)20-14-4-8-19-13-3-7-18-9-12(13)14/h3-4,7-11,17H,1-2,5-6H2,(H,19,20,24). The minimum Gasteiger partial charge on any atom is -0.320 e. The Labute approximate surface area is 138 Å². The van der Waals surface area contributed by atoms with Gasteiger partial charge in [-0.15, -0.1) is 5.10 Å². The Morgan fingerprint density at radius 2 is 2.12 bits per heavy atom. The summed E-state index contributed by atoms with van der Waals surface area (Å²) < 4.78 is 1.79. The Morgan fingerprint density at radius 3 is 3.00 bits per heavy atom. The van der Waals surface area contributed by atoms with Gasteiger partial charge in [-0.2, -0.15) is 0 Å². The predicted molar refractivity (Wildman–Crippen MR) is 88.7 cm³/mol. The van der Waals surface area contributed by atoms with Gasteiger partial charge in [0.2, 0.25) is 0 Å². The van der Waals surface area contributed by atoms with Crippen molar-refractivity contribution in [3.8, 4) is 0 Å². The molecule has 1 fully saturated rings. The molecular formula is C16H17N7O. The van der Waals surface area contributed by atoms with E-state index in [-0.39, 0.29) is 5.91 Å². The van der Waals surface area contributed by atoms with Crippen LogP contribution in [0.1, 0.15) is 29.4 Å². The normalized spacial score (nSPS) is 15.5. The summed E-state index contributed by atoms with van der Waals surface area (Å²) in [6, 6.07) is 3.85. The maximum atomic E-state index is 12.5. The molecule has 4 rings (SSSR count). The molecule has 0 aromatic carbocycles. The third-order valence-corrected chi connectivity index (χ3v) is 4.22. The molecule has 1 saturated heterocycles. The number of fused-ring (bicyclic) bond motifs is 1. The molecule has 122 valence electrons. The third kappa shape index (κ3) is 2.83. The van der Waals surface area contributed by atoms with Crippen LogP contribution in [0.4, 0.5) is 5.69 Å². The van der Waals surface area contributed by atoms with Crippen LogP contribution in [0.3, 0.4) is 0 Å². The van der Waals surface area contributed by atoms with E-state index >= 15 is 0 Å². The number of amides is 1. The molecule has 0 spiro atoms. The van der Waals surface area contributed by atoms with Crippen LogP contribution in [-0.2, 0) is 0 Å². The zero-order valence-corrected chi connectivity index (χ0v) is 13.0. The Balaban J connectivity index is 1.54. The zero-order valence-electron chi connectivity index (χ0n) is 13.0. The Kier molecular flexibility index (Phi) is 3.87. The molecule has 8 nitrogen and oxygen atoms in total. The number of carbonyl (C=O) groups excluding carboxylic acids is 1. The molecule has 1 amide bonds. The zero-order chi connectivity index (χ0) is 16.4. The fraction of sp³-hybridized carbons (Fsp3) is 0.312. The predicted octanol–water partition coefficient (Wildman–Crippen LogP) is 1.40. The summed E-state index contributed by atoms with van der Waals surface area (Å²) in [6.07, 6.45) is 8.71. The van der Waals surface area contributed by atoms with Crippen LogP contribution in [0, 0.1) is 0 Å². The number of hydrogen-bond acceptors (Lipinski definition) is 6. The molecule has 0 bridgehead atoms. The highest BCUT2D eigenvalue weighted by Crippen LogP contribution is 2.21. The number of carbonyl (C=O) groups is 1. The van der Waals surface area contributed by atoms with Gasteiger partial charge >= 0.3 is 0 Å². The number of rotatable bonds is 3. The minimum absolute atomic E-state index is 0.286. The van der Waals surface area contributed by atoms with Gasteiger partial charge in [-0.3, -0.25) is 14.8 Å². The molecule has 1 aliphatic heterocycles. The largest absolute Gasteiger partial charge is 0.320 e. The van der Waals surface area contributed by atoms with Gasteiger partial charge in [-0.1, -0.05) is 5.21 Å². The number of piperidine rings is 1. The lowest BCUT2D eigenvalue weighted by Crippen LogP contribution is -2.29. The molecule has 3 aromatic heterocycles. The maximum absolute atomic E-state index is 12.5. The molecule has 8 heteroatoms. The molecule has 0 saturated carbocycles. The van der Waals surface area contributed by atoms with Gasteiger partial charge in [-0.05, 0) is 38.1 Å². The van der Waals surface area contributed by atoms with Crippen molar-refractivity contribution in [2.75, 3.05) is 18.4 Å². The van der Waals surface area contributed by atoms with E-state index in [1.54, 1.807) is 41.6 Å². The third-order valence-electron chi connectivity index (χ3n) is 4.22. The molecular weight excluding hydrogens is 306 g/mol. The number of nitrogens with one attached hydrogen (secondary N) is 2. The molecule has 1 aliphatic rings. The fourth-order valence-electron chi connectivity index (χ4n) is 2.91. The highest BCUT2D eigenvalue weighted by molar-refractivity contribution is 6.07. The van der Waals surface area contributed by atoms with Gasteiger partial charge < -0.3 is 10.6 Å². The lowest BCUT2D eigenvalue weighted by Gasteiger charge is -2.22. The lowest BCUT2D eigenvalue weighted by atomic mass is 10.1. The topological polar surface area (TPSA) is 97.6 Å². The molecule has 4 heterocycles. The molecule has 0 unspecified atom stereocenters. The van der Waals surface area contributed by atoms with Crippen LogP contribution < -0.4 is 10.6 Å². The van der Waals surface area contributed by atoms with Gasteiger partial charge in [0.25, 0.3) is 5.91 Å². The quantitative estimate of drug-likeness (QED) is 0.756. The van der Waals surface area contributed by atoms with Crippen LogP contribution in [0.25, 0.3) is 10.9 Å². The maximum Gasteiger partial charge on any atom is 0.277 e. The molecule has 3 aromatic rings. The van der Waals surface area contributed by atoms with Gasteiger partial charge in [-0.25, -0.2) is 4.68 Å². The van der Waals surface area contributed by atoms with Crippen molar-refractivity contribution >= 4 is 22.5 Å². The van der Waals surface area contributed by atoms with Crippen molar-refractivity contribution in [1.82, 2.24) is 30.3 Å². The lowest BCUT2D eigenvalue weighted by molar-refractivity contribution is 0.102. The smallest absolute Gasteiger partial charge is 0.277 e. The second kappa shape index (κ2) is 6.32. The summed E-state index contributed by atoms with van der Waals surface area (Å²) >= 11 is 0. The molecule has 24 heavy (non-hydrogen) atoms. The first kappa shape index (κ1) is 14.7. The summed E-state index contributed by atoms with van der Waals surface area (Å²) in [5.41, 5.74) is 1.75. The summed E-state index contributed by atoms with van der Waals surface area (Å²) in [5.74, 6) is -0.286. The van der Waals surface area contributed by atoms with E-state index in [2.05, 4.69) is 30.9 Å². The second-order valence-corrected chi connectivity index (χ2v) is 5.77. The van der Waals surface area contributed by atoms with E-state index in [0.717, 1.165) is 36.8 Å². The minimum atomic E-state index is -0.286. The number of aromatic nitrogens is 5. The summed E-state index contributed by atoms with van der Waals surface area (Å²) in [7, 11) is 0. The van der Waals surface area contributed by atoms with E-state index in [9.17, 15) is 4.79 Å². The van der Waals surface area contributed by atoms with Crippen LogP contribution >= 0.6 is 0 Å². The van der Waals surface area contributed by atoms with E-state index in [1.807, 2.05) is 0 Å². The van der Waals surface area contributed by atoms with E-state index in [0.29, 0.717) is 17.4 Å². The Bertz CT molecular complexity index is 864. The first-order chi connectivity index (χ1) is 11.8. The summed E-state index contributed by atoms with van der Waals surface area (Å²) in [5, 5.41) is 15.1. The van der Waals surface area contributed by atoms with Crippen molar-refractivity contribution in [2.24, 2.45) is 0 Å². The molecule has 0 radical (unpaired) electrons. The van der Waals surface area contributed by atoms with Crippen molar-refractivity contribution < 1.29 is 4.79 Å². The van der Waals surface area contributed by atoms with Crippen LogP contribution in [0.2, 0.25) is 0 Å². The highest BCUT2D eigenvalue weighted by Gasteiger charge is 2.19. The van der Waals surface area contributed by atoms with Crippen molar-refractivity contribution in [2.45, 2.75) is 18.9 Å². The first-order valence-electron chi connectivity index (χ1n) is 7.94. The molecule has 2 N–H and O–H groups in total. The van der Waals surface area contributed by atoms with E-state index in [1.165, 1.54) is 0 Å². The Hall–Kier alpha value is -2.87. The second-order valence-electron chi connectivity index (χ2n) is 5.77. The van der Waals surface area contributed by atoms with Gasteiger partial charge in [0.05, 0.1) is 23.4 Å². The van der Waals surface area contributed by atoms with Crippen LogP contribution in [-0.4, -0.2) is 44.0 Å². The summed E-state index contributed by atoms with van der Waals surface area (Å²) in [6.45, 7) is 1.92. The van der Waals surface area contributed by atoms with Gasteiger partial charge in [0, 0.05) is 24.0 Å². The fourth-order valence-corrected chi connectivity index (χ4v) is 2.91. The van der Waals surface area contributed by atoms with Crippen LogP contribution in [0.15, 0.2) is 36.9 Å². The molecule has 0 atom stereocenters. The first-order valence-corrected chi connectivity index (χ1v) is 7.94. The van der Waals surface area contributed by atoms with E-state index in [4.69, 9.17) is 0 Å². The summed E-state index contributed by atoms with van der Waals surface area (Å²) in [4.78, 5) is 20.8. The van der Waals surface area contributed by atoms with Crippen molar-refractivity contribution in [3.05, 3.63) is 42.6 Å². The number of hydrogen-bond donors (Lipinski definition) is 2. The number of pyridine rings is 2. The number of anilines is 1. The average Bonchev–Trinajstić information content (AvgIpc) is 3.13. The average molecular weight is 323 g/mol.